The molecule has 0 atom stereocenters. The normalized spacial score (nSPS) is 21.5. The Balaban J connectivity index is 2.16. The summed E-state index contributed by atoms with van der Waals surface area (Å²) in [5.41, 5.74) is -0.947. The fourth-order valence-electron chi connectivity index (χ4n) is 1.82. The molecule has 1 fully saturated rings. The van der Waals surface area contributed by atoms with Gasteiger partial charge in [0, 0.05) is 5.41 Å². The molecule has 0 unspecified atom stereocenters. The van der Waals surface area contributed by atoms with Crippen molar-refractivity contribution >= 4 is 17.0 Å². The van der Waals surface area contributed by atoms with Crippen LogP contribution in [-0.4, -0.2) is 26.7 Å². The summed E-state index contributed by atoms with van der Waals surface area (Å²) < 4.78 is 35.7. The molecule has 1 aromatic rings. The maximum absolute atomic E-state index is 12.1. The molecule has 0 aromatic heterocycles. The summed E-state index contributed by atoms with van der Waals surface area (Å²) in [6.45, 7) is 7.69. The minimum absolute atomic E-state index is 0.257. The average Bonchev–Trinajstić information content (AvgIpc) is 2.57. The highest BCUT2D eigenvalue weighted by Crippen LogP contribution is 2.37. The van der Waals surface area contributed by atoms with Gasteiger partial charge in [-0.3, -0.25) is 0 Å². The predicted octanol–water partition coefficient (Wildman–Crippen LogP) is 2.61. The van der Waals surface area contributed by atoms with Gasteiger partial charge >= 0.3 is 7.12 Å². The van der Waals surface area contributed by atoms with Gasteiger partial charge in [-0.15, -0.1) is 0 Å². The average molecular weight is 294 g/mol. The lowest BCUT2D eigenvalue weighted by atomic mass is 9.90. The van der Waals surface area contributed by atoms with Crippen LogP contribution in [0, 0.1) is 0 Å². The third kappa shape index (κ3) is 2.97. The lowest BCUT2D eigenvalue weighted by molar-refractivity contribution is 0.00578. The smallest absolute Gasteiger partial charge is 0.400 e. The van der Waals surface area contributed by atoms with Crippen molar-refractivity contribution in [1.82, 2.24) is 0 Å². The first-order chi connectivity index (χ1) is 9.14. The molecule has 0 bridgehead atoms. The number of sulfone groups is 1. The molecule has 4 nitrogen and oxygen atoms in total. The zero-order chi connectivity index (χ0) is 15.0. The van der Waals surface area contributed by atoms with Crippen molar-refractivity contribution in [3.63, 3.8) is 0 Å². The first-order valence-electron chi connectivity index (χ1n) is 6.48. The Morgan fingerprint density at radius 1 is 1.00 bits per heavy atom. The highest BCUT2D eigenvalue weighted by molar-refractivity contribution is 7.94. The third-order valence-electron chi connectivity index (χ3n) is 3.76. The number of hydrogen-bond acceptors (Lipinski definition) is 4. The highest BCUT2D eigenvalue weighted by Gasteiger charge is 2.50. The summed E-state index contributed by atoms with van der Waals surface area (Å²) in [6, 6.07) is 8.27. The van der Waals surface area contributed by atoms with E-state index in [2.05, 4.69) is 0 Å². The van der Waals surface area contributed by atoms with E-state index in [9.17, 15) is 8.42 Å². The molecular weight excluding hydrogens is 275 g/mol. The van der Waals surface area contributed by atoms with E-state index >= 15 is 0 Å². The van der Waals surface area contributed by atoms with Gasteiger partial charge < -0.3 is 9.31 Å². The standard InChI is InChI=1S/C14H19BO4S/c1-13(2)14(3,4)19-15(18-13)10-11-20(16,17)12-8-6-5-7-9-12/h5-11H,1-4H3/b11-10+. The Bertz CT molecular complexity index is 589. The molecule has 0 radical (unpaired) electrons. The van der Waals surface area contributed by atoms with Crippen LogP contribution in [-0.2, 0) is 19.1 Å². The van der Waals surface area contributed by atoms with Crippen molar-refractivity contribution in [2.45, 2.75) is 43.8 Å². The third-order valence-corrected chi connectivity index (χ3v) is 5.20. The molecule has 1 heterocycles. The maximum atomic E-state index is 12.1. The molecule has 0 saturated carbocycles. The molecule has 1 aliphatic heterocycles. The molecule has 6 heteroatoms. The highest BCUT2D eigenvalue weighted by atomic mass is 32.2. The first kappa shape index (κ1) is 15.3. The minimum Gasteiger partial charge on any atom is -0.400 e. The Morgan fingerprint density at radius 2 is 1.50 bits per heavy atom. The molecule has 0 N–H and O–H groups in total. The Kier molecular flexibility index (Phi) is 3.84. The van der Waals surface area contributed by atoms with E-state index in [1.165, 1.54) is 5.98 Å². The second kappa shape index (κ2) is 5.02. The monoisotopic (exact) mass is 294 g/mol. The van der Waals surface area contributed by atoms with Gasteiger partial charge in [0.2, 0.25) is 0 Å². The maximum Gasteiger partial charge on any atom is 0.487 e. The molecule has 1 aliphatic rings. The molecule has 108 valence electrons. The van der Waals surface area contributed by atoms with Crippen molar-refractivity contribution in [2.75, 3.05) is 0 Å². The van der Waals surface area contributed by atoms with E-state index in [1.54, 1.807) is 30.3 Å². The Hall–Kier alpha value is -1.11. The van der Waals surface area contributed by atoms with E-state index < -0.39 is 28.2 Å². The van der Waals surface area contributed by atoms with Gasteiger partial charge in [-0.05, 0) is 45.8 Å². The Morgan fingerprint density at radius 3 is 2.00 bits per heavy atom. The van der Waals surface area contributed by atoms with Crippen LogP contribution in [0.2, 0.25) is 0 Å². The van der Waals surface area contributed by atoms with Crippen LogP contribution in [0.4, 0.5) is 0 Å². The molecule has 20 heavy (non-hydrogen) atoms. The SMILES string of the molecule is CC1(C)OB(/C=C/S(=O)(=O)c2ccccc2)OC1(C)C. The van der Waals surface area contributed by atoms with Crippen molar-refractivity contribution in [1.29, 1.82) is 0 Å². The summed E-state index contributed by atoms with van der Waals surface area (Å²) in [4.78, 5) is 0.257. The van der Waals surface area contributed by atoms with E-state index in [0.717, 1.165) is 5.41 Å². The van der Waals surface area contributed by atoms with E-state index in [-0.39, 0.29) is 4.90 Å². The van der Waals surface area contributed by atoms with Crippen LogP contribution < -0.4 is 0 Å². The fourth-order valence-corrected chi connectivity index (χ4v) is 2.85. The van der Waals surface area contributed by atoms with Gasteiger partial charge in [-0.1, -0.05) is 18.2 Å². The number of rotatable bonds is 3. The van der Waals surface area contributed by atoms with Crippen molar-refractivity contribution < 1.29 is 17.7 Å². The van der Waals surface area contributed by atoms with Crippen LogP contribution in [0.5, 0.6) is 0 Å². The second-order valence-corrected chi connectivity index (χ2v) is 7.64. The van der Waals surface area contributed by atoms with Crippen LogP contribution in [0.1, 0.15) is 27.7 Å². The number of benzene rings is 1. The van der Waals surface area contributed by atoms with Crippen LogP contribution in [0.3, 0.4) is 0 Å². The Labute approximate surface area is 120 Å². The molecule has 1 aromatic carbocycles. The summed E-state index contributed by atoms with van der Waals surface area (Å²) in [6.07, 6.45) is 0. The molecule has 2 rings (SSSR count). The summed E-state index contributed by atoms with van der Waals surface area (Å²) >= 11 is 0. The zero-order valence-electron chi connectivity index (χ0n) is 12.2. The van der Waals surface area contributed by atoms with Crippen molar-refractivity contribution in [3.8, 4) is 0 Å². The molecular formula is C14H19BO4S. The lowest BCUT2D eigenvalue weighted by Crippen LogP contribution is -2.41. The largest absolute Gasteiger partial charge is 0.487 e. The summed E-state index contributed by atoms with van der Waals surface area (Å²) in [5.74, 6) is 1.44. The van der Waals surface area contributed by atoms with Gasteiger partial charge in [-0.25, -0.2) is 8.42 Å². The minimum atomic E-state index is -3.46. The van der Waals surface area contributed by atoms with Crippen LogP contribution in [0.15, 0.2) is 46.6 Å². The first-order valence-corrected chi connectivity index (χ1v) is 8.03. The summed E-state index contributed by atoms with van der Waals surface area (Å²) in [7, 11) is -4.12. The number of hydrogen-bond donors (Lipinski definition) is 0. The van der Waals surface area contributed by atoms with Gasteiger partial charge in [-0.2, -0.15) is 0 Å². The molecule has 0 spiro atoms. The fraction of sp³-hybridized carbons (Fsp3) is 0.429. The quantitative estimate of drug-likeness (QED) is 0.804. The van der Waals surface area contributed by atoms with Crippen LogP contribution in [0.25, 0.3) is 0 Å². The van der Waals surface area contributed by atoms with E-state index in [4.69, 9.17) is 9.31 Å². The lowest BCUT2D eigenvalue weighted by Gasteiger charge is -2.32. The summed E-state index contributed by atoms with van der Waals surface area (Å²) in [5, 5.41) is 1.14. The second-order valence-electron chi connectivity index (χ2n) is 5.81. The van der Waals surface area contributed by atoms with Crippen molar-refractivity contribution in [3.05, 3.63) is 41.7 Å². The van der Waals surface area contributed by atoms with Gasteiger partial charge in [0.05, 0.1) is 16.1 Å². The molecule has 0 amide bonds. The van der Waals surface area contributed by atoms with Crippen LogP contribution >= 0.6 is 0 Å². The van der Waals surface area contributed by atoms with Gasteiger partial charge in [0.1, 0.15) is 0 Å². The van der Waals surface area contributed by atoms with E-state index in [1.807, 2.05) is 27.7 Å². The van der Waals surface area contributed by atoms with Crippen molar-refractivity contribution in [2.24, 2.45) is 0 Å². The zero-order valence-corrected chi connectivity index (χ0v) is 13.0. The van der Waals surface area contributed by atoms with Gasteiger partial charge in [0.15, 0.2) is 9.84 Å². The molecule has 0 aliphatic carbocycles. The topological polar surface area (TPSA) is 52.6 Å². The predicted molar refractivity (Wildman–Crippen MR) is 78.8 cm³/mol. The van der Waals surface area contributed by atoms with E-state index in [0.29, 0.717) is 0 Å². The molecule has 1 saturated heterocycles. The van der Waals surface area contributed by atoms with Gasteiger partial charge in [0.25, 0.3) is 0 Å².